The van der Waals surface area contributed by atoms with Crippen molar-refractivity contribution in [1.29, 1.82) is 0 Å². The molecule has 0 saturated carbocycles. The van der Waals surface area contributed by atoms with Crippen molar-refractivity contribution in [3.05, 3.63) is 69.8 Å². The van der Waals surface area contributed by atoms with Crippen LogP contribution in [0.3, 0.4) is 0 Å². The van der Waals surface area contributed by atoms with Crippen molar-refractivity contribution in [2.75, 3.05) is 13.1 Å². The number of alkyl halides is 6. The highest BCUT2D eigenvalue weighted by Crippen LogP contribution is 2.39. The van der Waals surface area contributed by atoms with E-state index in [9.17, 15) is 41.0 Å². The van der Waals surface area contributed by atoms with E-state index in [0.717, 1.165) is 6.07 Å². The maximum Gasteiger partial charge on any atom is 0.416 e. The highest BCUT2D eigenvalue weighted by molar-refractivity contribution is 8.18. The van der Waals surface area contributed by atoms with E-state index in [1.165, 1.54) is 22.6 Å². The summed E-state index contributed by atoms with van der Waals surface area (Å²) in [4.78, 5) is 30.4. The molecule has 0 radical (unpaired) electrons. The van der Waals surface area contributed by atoms with Gasteiger partial charge in [0.25, 0.3) is 5.91 Å². The highest BCUT2D eigenvalue weighted by Gasteiger charge is 2.40. The molecule has 0 aliphatic carbocycles. The van der Waals surface area contributed by atoms with Crippen LogP contribution in [-0.2, 0) is 28.5 Å². The number of aliphatic imine (C=N–C) groups is 1. The Balaban J connectivity index is 1.33. The van der Waals surface area contributed by atoms with Gasteiger partial charge < -0.3 is 10.0 Å². The van der Waals surface area contributed by atoms with E-state index in [2.05, 4.69) is 10.1 Å². The van der Waals surface area contributed by atoms with Gasteiger partial charge in [0.05, 0.1) is 39.7 Å². The quantitative estimate of drug-likeness (QED) is 0.282. The second kappa shape index (κ2) is 10.2. The molecule has 2 aromatic carbocycles. The van der Waals surface area contributed by atoms with Crippen LogP contribution in [0.2, 0.25) is 0 Å². The van der Waals surface area contributed by atoms with Crippen LogP contribution in [0.15, 0.2) is 52.5 Å². The lowest BCUT2D eigenvalue weighted by atomic mass is 9.81. The Hall–Kier alpha value is -3.81. The standard InChI is InChI=1S/C27H22F6N4O3S/c1-25(23(39)40)6-8-36(9-7-25)24-35-22(38)21(41-24)11-15-2-5-20-17(10-15)13-34-37(20)14-16-3-4-18(26(28,29)30)12-19(16)27(31,32)33/h2-5,10-13H,6-9,14H2,1H3,(H,39,40)/b21-11-. The Morgan fingerprint density at radius 1 is 1.07 bits per heavy atom. The molecular formula is C27H22F6N4O3S. The second-order valence-electron chi connectivity index (χ2n) is 10.2. The second-order valence-corrected chi connectivity index (χ2v) is 11.2. The number of thioether (sulfide) groups is 1. The van der Waals surface area contributed by atoms with Crippen LogP contribution in [0.25, 0.3) is 17.0 Å². The molecule has 216 valence electrons. The van der Waals surface area contributed by atoms with E-state index in [4.69, 9.17) is 0 Å². The van der Waals surface area contributed by atoms with Crippen LogP contribution < -0.4 is 0 Å². The number of carbonyl (C=O) groups is 2. The minimum atomic E-state index is -4.99. The molecule has 14 heteroatoms. The van der Waals surface area contributed by atoms with E-state index in [1.54, 1.807) is 31.2 Å². The van der Waals surface area contributed by atoms with E-state index in [1.807, 2.05) is 4.90 Å². The molecule has 1 saturated heterocycles. The van der Waals surface area contributed by atoms with Gasteiger partial charge in [-0.1, -0.05) is 12.1 Å². The molecular weight excluding hydrogens is 574 g/mol. The molecule has 7 nitrogen and oxygen atoms in total. The first-order chi connectivity index (χ1) is 19.1. The lowest BCUT2D eigenvalue weighted by Crippen LogP contribution is -2.44. The van der Waals surface area contributed by atoms with Gasteiger partial charge in [-0.15, -0.1) is 0 Å². The first-order valence-electron chi connectivity index (χ1n) is 12.4. The van der Waals surface area contributed by atoms with Crippen LogP contribution >= 0.6 is 11.8 Å². The summed E-state index contributed by atoms with van der Waals surface area (Å²) in [5.41, 5.74) is -2.87. The number of carboxylic acid groups (broad SMARTS) is 1. The normalized spacial score (nSPS) is 18.8. The van der Waals surface area contributed by atoms with Crippen molar-refractivity contribution < 1.29 is 41.0 Å². The van der Waals surface area contributed by atoms with Crippen molar-refractivity contribution in [2.24, 2.45) is 10.4 Å². The Kier molecular flexibility index (Phi) is 7.16. The molecule has 2 aliphatic rings. The Morgan fingerprint density at radius 2 is 1.78 bits per heavy atom. The van der Waals surface area contributed by atoms with Crippen molar-refractivity contribution in [2.45, 2.75) is 38.7 Å². The van der Waals surface area contributed by atoms with Crippen LogP contribution in [0.1, 0.15) is 42.0 Å². The number of carboxylic acids is 1. The molecule has 0 spiro atoms. The highest BCUT2D eigenvalue weighted by atomic mass is 32.2. The Bertz CT molecular complexity index is 1600. The van der Waals surface area contributed by atoms with Gasteiger partial charge in [-0.05, 0) is 73.0 Å². The van der Waals surface area contributed by atoms with Crippen LogP contribution in [-0.4, -0.2) is 49.9 Å². The number of benzene rings is 2. The summed E-state index contributed by atoms with van der Waals surface area (Å²) in [6, 6.07) is 6.47. The minimum absolute atomic E-state index is 0.104. The summed E-state index contributed by atoms with van der Waals surface area (Å²) in [5.74, 6) is -1.29. The summed E-state index contributed by atoms with van der Waals surface area (Å²) in [6.07, 6.45) is -6.01. The molecule has 1 amide bonds. The first kappa shape index (κ1) is 28.7. The number of amidine groups is 1. The summed E-state index contributed by atoms with van der Waals surface area (Å²) < 4.78 is 81.0. The van der Waals surface area contributed by atoms with Crippen LogP contribution in [0.5, 0.6) is 0 Å². The predicted octanol–water partition coefficient (Wildman–Crippen LogP) is 6.28. The van der Waals surface area contributed by atoms with E-state index < -0.39 is 47.3 Å². The van der Waals surface area contributed by atoms with Gasteiger partial charge in [0, 0.05) is 18.5 Å². The Labute approximate surface area is 233 Å². The SMILES string of the molecule is CC1(C(=O)O)CCN(C2=NC(=O)/C(=C/c3ccc4c(cnn4Cc4ccc(C(F)(F)F)cc4C(F)(F)F)c3)S2)CC1. The number of hydrogen-bond acceptors (Lipinski definition) is 5. The number of carbonyl (C=O) groups excluding carboxylic acids is 1. The van der Waals surface area contributed by atoms with Gasteiger partial charge in [0.15, 0.2) is 5.17 Å². The van der Waals surface area contributed by atoms with Crippen molar-refractivity contribution in [3.63, 3.8) is 0 Å². The lowest BCUT2D eigenvalue weighted by molar-refractivity contribution is -0.150. The lowest BCUT2D eigenvalue weighted by Gasteiger charge is -2.36. The smallest absolute Gasteiger partial charge is 0.416 e. The Morgan fingerprint density at radius 3 is 2.41 bits per heavy atom. The number of halogens is 6. The van der Waals surface area contributed by atoms with E-state index >= 15 is 0 Å². The molecule has 0 atom stereocenters. The summed E-state index contributed by atoms with van der Waals surface area (Å²) >= 11 is 1.18. The molecule has 3 heterocycles. The van der Waals surface area contributed by atoms with Crippen molar-refractivity contribution in [3.8, 4) is 0 Å². The molecule has 1 N–H and O–H groups in total. The predicted molar refractivity (Wildman–Crippen MR) is 140 cm³/mol. The maximum absolute atomic E-state index is 13.6. The number of aromatic nitrogens is 2. The zero-order valence-electron chi connectivity index (χ0n) is 21.4. The molecule has 1 fully saturated rings. The number of nitrogens with zero attached hydrogens (tertiary/aromatic N) is 4. The monoisotopic (exact) mass is 596 g/mol. The average molecular weight is 597 g/mol. The number of amides is 1. The number of hydrogen-bond donors (Lipinski definition) is 1. The molecule has 0 unspecified atom stereocenters. The van der Waals surface area contributed by atoms with Gasteiger partial charge in [-0.25, -0.2) is 0 Å². The fraction of sp³-hybridized carbons (Fsp3) is 0.333. The fourth-order valence-electron chi connectivity index (χ4n) is 4.73. The van der Waals surface area contributed by atoms with Crippen molar-refractivity contribution >= 4 is 45.8 Å². The van der Waals surface area contributed by atoms with Gasteiger partial charge in [-0.3, -0.25) is 14.3 Å². The third-order valence-electron chi connectivity index (χ3n) is 7.29. The third-order valence-corrected chi connectivity index (χ3v) is 8.33. The zero-order valence-corrected chi connectivity index (χ0v) is 22.2. The number of aliphatic carboxylic acids is 1. The number of likely N-dealkylation sites (tertiary alicyclic amines) is 1. The number of piperidine rings is 1. The van der Waals surface area contributed by atoms with Crippen LogP contribution in [0.4, 0.5) is 26.3 Å². The van der Waals surface area contributed by atoms with Gasteiger partial charge in [0.1, 0.15) is 0 Å². The summed E-state index contributed by atoms with van der Waals surface area (Å²) in [5, 5.41) is 14.6. The van der Waals surface area contributed by atoms with Gasteiger partial charge in [-0.2, -0.15) is 36.4 Å². The summed E-state index contributed by atoms with van der Waals surface area (Å²) in [6.45, 7) is 2.20. The largest absolute Gasteiger partial charge is 0.481 e. The molecule has 1 aromatic heterocycles. The molecule has 5 rings (SSSR count). The minimum Gasteiger partial charge on any atom is -0.481 e. The topological polar surface area (TPSA) is 87.8 Å². The fourth-order valence-corrected chi connectivity index (χ4v) is 5.69. The van der Waals surface area contributed by atoms with E-state index in [0.29, 0.717) is 58.5 Å². The molecule has 0 bridgehead atoms. The molecule has 3 aromatic rings. The maximum atomic E-state index is 13.6. The molecule has 41 heavy (non-hydrogen) atoms. The number of fused-ring (bicyclic) bond motifs is 1. The molecule has 2 aliphatic heterocycles. The van der Waals surface area contributed by atoms with E-state index in [-0.39, 0.29) is 11.6 Å². The third kappa shape index (κ3) is 5.83. The average Bonchev–Trinajstić information content (AvgIpc) is 3.46. The van der Waals surface area contributed by atoms with Gasteiger partial charge >= 0.3 is 18.3 Å². The first-order valence-corrected chi connectivity index (χ1v) is 13.2. The van der Waals surface area contributed by atoms with Gasteiger partial charge in [0.2, 0.25) is 0 Å². The van der Waals surface area contributed by atoms with Crippen LogP contribution in [0, 0.1) is 5.41 Å². The summed E-state index contributed by atoms with van der Waals surface area (Å²) in [7, 11) is 0. The number of rotatable bonds is 4. The van der Waals surface area contributed by atoms with Crippen molar-refractivity contribution in [1.82, 2.24) is 14.7 Å². The zero-order chi connectivity index (χ0) is 29.7.